The normalized spacial score (nSPS) is 17.3. The van der Waals surface area contributed by atoms with Crippen LogP contribution in [0.3, 0.4) is 0 Å². The first kappa shape index (κ1) is 15.0. The van der Waals surface area contributed by atoms with E-state index in [0.717, 1.165) is 12.6 Å². The predicted octanol–water partition coefficient (Wildman–Crippen LogP) is 3.89. The summed E-state index contributed by atoms with van der Waals surface area (Å²) in [6.45, 7) is 6.60. The Labute approximate surface area is 108 Å². The molecule has 102 valence electrons. The Hall–Kier alpha value is -0.0800. The molecule has 2 nitrogen and oxygen atoms in total. The topological polar surface area (TPSA) is 21.3 Å². The highest BCUT2D eigenvalue weighted by Gasteiger charge is 2.19. The lowest BCUT2D eigenvalue weighted by Gasteiger charge is -2.13. The Morgan fingerprint density at radius 3 is 2.59 bits per heavy atom. The summed E-state index contributed by atoms with van der Waals surface area (Å²) in [4.78, 5) is 0. The van der Waals surface area contributed by atoms with Crippen molar-refractivity contribution < 1.29 is 4.74 Å². The van der Waals surface area contributed by atoms with Gasteiger partial charge in [-0.3, -0.25) is 0 Å². The first-order valence-electron chi connectivity index (χ1n) is 7.68. The molecule has 0 amide bonds. The quantitative estimate of drug-likeness (QED) is 0.523. The summed E-state index contributed by atoms with van der Waals surface area (Å²) >= 11 is 0. The second-order valence-electron chi connectivity index (χ2n) is 5.47. The van der Waals surface area contributed by atoms with Crippen molar-refractivity contribution in [3.8, 4) is 0 Å². The second-order valence-corrected chi connectivity index (χ2v) is 5.47. The van der Waals surface area contributed by atoms with Gasteiger partial charge in [0.2, 0.25) is 0 Å². The molecule has 1 fully saturated rings. The van der Waals surface area contributed by atoms with Crippen LogP contribution < -0.4 is 5.32 Å². The van der Waals surface area contributed by atoms with Gasteiger partial charge in [-0.1, -0.05) is 32.6 Å². The Balaban J connectivity index is 1.75. The maximum absolute atomic E-state index is 5.82. The maximum atomic E-state index is 5.82. The summed E-state index contributed by atoms with van der Waals surface area (Å²) in [5.74, 6) is 0. The van der Waals surface area contributed by atoms with E-state index in [-0.39, 0.29) is 0 Å². The molecule has 1 aliphatic carbocycles. The van der Waals surface area contributed by atoms with E-state index >= 15 is 0 Å². The SMILES string of the molecule is CCCCCCCOC(C)CCCNC1CC1. The number of hydrogen-bond donors (Lipinski definition) is 1. The number of rotatable bonds is 12. The van der Waals surface area contributed by atoms with E-state index in [1.165, 1.54) is 64.3 Å². The molecule has 1 rings (SSSR count). The molecule has 0 radical (unpaired) electrons. The molecule has 17 heavy (non-hydrogen) atoms. The first-order chi connectivity index (χ1) is 8.33. The van der Waals surface area contributed by atoms with Gasteiger partial charge in [0.1, 0.15) is 0 Å². The van der Waals surface area contributed by atoms with E-state index in [1.807, 2.05) is 0 Å². The highest BCUT2D eigenvalue weighted by atomic mass is 16.5. The molecule has 0 aromatic rings. The van der Waals surface area contributed by atoms with Crippen molar-refractivity contribution in [1.82, 2.24) is 5.32 Å². The summed E-state index contributed by atoms with van der Waals surface area (Å²) in [6, 6.07) is 0.852. The lowest BCUT2D eigenvalue weighted by molar-refractivity contribution is 0.0562. The van der Waals surface area contributed by atoms with Gasteiger partial charge in [0.25, 0.3) is 0 Å². The Morgan fingerprint density at radius 1 is 1.12 bits per heavy atom. The average Bonchev–Trinajstić information content (AvgIpc) is 3.13. The van der Waals surface area contributed by atoms with Crippen molar-refractivity contribution in [2.24, 2.45) is 0 Å². The van der Waals surface area contributed by atoms with E-state index in [0.29, 0.717) is 6.10 Å². The smallest absolute Gasteiger partial charge is 0.0547 e. The molecule has 1 saturated carbocycles. The molecule has 0 aromatic carbocycles. The minimum Gasteiger partial charge on any atom is -0.379 e. The van der Waals surface area contributed by atoms with Crippen LogP contribution >= 0.6 is 0 Å². The lowest BCUT2D eigenvalue weighted by atomic mass is 10.1. The third-order valence-electron chi connectivity index (χ3n) is 3.45. The fourth-order valence-corrected chi connectivity index (χ4v) is 2.06. The van der Waals surface area contributed by atoms with Gasteiger partial charge in [-0.2, -0.15) is 0 Å². The zero-order valence-electron chi connectivity index (χ0n) is 11.8. The summed E-state index contributed by atoms with van der Waals surface area (Å²) in [7, 11) is 0. The van der Waals surface area contributed by atoms with Gasteiger partial charge >= 0.3 is 0 Å². The highest BCUT2D eigenvalue weighted by molar-refractivity contribution is 4.80. The fraction of sp³-hybridized carbons (Fsp3) is 1.00. The minimum atomic E-state index is 0.446. The van der Waals surface area contributed by atoms with E-state index in [9.17, 15) is 0 Å². The van der Waals surface area contributed by atoms with Crippen molar-refractivity contribution >= 4 is 0 Å². The largest absolute Gasteiger partial charge is 0.379 e. The van der Waals surface area contributed by atoms with Crippen LogP contribution in [0.15, 0.2) is 0 Å². The third-order valence-corrected chi connectivity index (χ3v) is 3.45. The zero-order chi connectivity index (χ0) is 12.3. The van der Waals surface area contributed by atoms with Crippen molar-refractivity contribution in [2.75, 3.05) is 13.2 Å². The molecule has 0 bridgehead atoms. The molecular weight excluding hydrogens is 210 g/mol. The molecular formula is C15H31NO. The molecule has 1 N–H and O–H groups in total. The monoisotopic (exact) mass is 241 g/mol. The Bertz CT molecular complexity index is 168. The maximum Gasteiger partial charge on any atom is 0.0547 e. The third kappa shape index (κ3) is 9.61. The summed E-state index contributed by atoms with van der Waals surface area (Å²) in [5, 5.41) is 3.55. The number of ether oxygens (including phenoxy) is 1. The fourth-order valence-electron chi connectivity index (χ4n) is 2.06. The van der Waals surface area contributed by atoms with Gasteiger partial charge in [0.15, 0.2) is 0 Å². The molecule has 1 atom stereocenters. The van der Waals surface area contributed by atoms with Crippen molar-refractivity contribution in [1.29, 1.82) is 0 Å². The number of nitrogens with one attached hydrogen (secondary N) is 1. The second kappa shape index (κ2) is 9.90. The van der Waals surface area contributed by atoms with Crippen LogP contribution in [-0.4, -0.2) is 25.3 Å². The molecule has 0 aliphatic heterocycles. The van der Waals surface area contributed by atoms with Crippen LogP contribution in [-0.2, 0) is 4.74 Å². The predicted molar refractivity (Wildman–Crippen MR) is 74.4 cm³/mol. The summed E-state index contributed by atoms with van der Waals surface area (Å²) < 4.78 is 5.82. The summed E-state index contributed by atoms with van der Waals surface area (Å²) in [5.41, 5.74) is 0. The molecule has 0 aromatic heterocycles. The van der Waals surface area contributed by atoms with Gasteiger partial charge in [0.05, 0.1) is 6.10 Å². The number of unbranched alkanes of at least 4 members (excludes halogenated alkanes) is 4. The molecule has 1 aliphatic rings. The van der Waals surface area contributed by atoms with Crippen LogP contribution in [0.4, 0.5) is 0 Å². The standard InChI is InChI=1S/C15H31NO/c1-3-4-5-6-7-13-17-14(2)9-8-12-16-15-10-11-15/h14-16H,3-13H2,1-2H3. The highest BCUT2D eigenvalue weighted by Crippen LogP contribution is 2.18. The zero-order valence-corrected chi connectivity index (χ0v) is 11.8. The van der Waals surface area contributed by atoms with Gasteiger partial charge in [-0.25, -0.2) is 0 Å². The van der Waals surface area contributed by atoms with Crippen molar-refractivity contribution in [3.63, 3.8) is 0 Å². The summed E-state index contributed by atoms with van der Waals surface area (Å²) in [6.07, 6.45) is 12.3. The van der Waals surface area contributed by atoms with Gasteiger partial charge in [-0.15, -0.1) is 0 Å². The van der Waals surface area contributed by atoms with Gasteiger partial charge in [0, 0.05) is 12.6 Å². The average molecular weight is 241 g/mol. The molecule has 2 heteroatoms. The van der Waals surface area contributed by atoms with E-state index in [2.05, 4.69) is 19.2 Å². The van der Waals surface area contributed by atoms with E-state index in [4.69, 9.17) is 4.74 Å². The lowest BCUT2D eigenvalue weighted by Crippen LogP contribution is -2.19. The van der Waals surface area contributed by atoms with Crippen LogP contribution in [0.5, 0.6) is 0 Å². The Kier molecular flexibility index (Phi) is 8.72. The van der Waals surface area contributed by atoms with Crippen LogP contribution in [0, 0.1) is 0 Å². The van der Waals surface area contributed by atoms with Crippen LogP contribution in [0.1, 0.15) is 71.6 Å². The Morgan fingerprint density at radius 2 is 1.88 bits per heavy atom. The molecule has 1 unspecified atom stereocenters. The van der Waals surface area contributed by atoms with Crippen LogP contribution in [0.25, 0.3) is 0 Å². The molecule has 0 heterocycles. The van der Waals surface area contributed by atoms with Crippen LogP contribution in [0.2, 0.25) is 0 Å². The first-order valence-corrected chi connectivity index (χ1v) is 7.68. The van der Waals surface area contributed by atoms with Gasteiger partial charge < -0.3 is 10.1 Å². The van der Waals surface area contributed by atoms with E-state index < -0.39 is 0 Å². The number of hydrogen-bond acceptors (Lipinski definition) is 2. The van der Waals surface area contributed by atoms with Gasteiger partial charge in [-0.05, 0) is 45.6 Å². The van der Waals surface area contributed by atoms with Crippen molar-refractivity contribution in [3.05, 3.63) is 0 Å². The molecule has 0 spiro atoms. The molecule has 0 saturated heterocycles. The van der Waals surface area contributed by atoms with Crippen molar-refractivity contribution in [2.45, 2.75) is 83.8 Å². The minimum absolute atomic E-state index is 0.446. The van der Waals surface area contributed by atoms with E-state index in [1.54, 1.807) is 0 Å².